The molecule has 0 aliphatic rings. The van der Waals surface area contributed by atoms with Gasteiger partial charge >= 0.3 is 0 Å². The minimum Gasteiger partial charge on any atom is -0.409 e. The number of aromatic nitrogens is 2. The minimum absolute atomic E-state index is 0.0678. The van der Waals surface area contributed by atoms with Crippen LogP contribution in [-0.4, -0.2) is 27.9 Å². The third-order valence-electron chi connectivity index (χ3n) is 3.25. The normalized spacial score (nSPS) is 11.7. The highest BCUT2D eigenvalue weighted by molar-refractivity contribution is 9.10. The molecule has 0 fully saturated rings. The first-order chi connectivity index (χ1) is 9.93. The van der Waals surface area contributed by atoms with Crippen LogP contribution in [0.25, 0.3) is 0 Å². The van der Waals surface area contributed by atoms with Crippen molar-refractivity contribution in [3.63, 3.8) is 0 Å². The highest BCUT2D eigenvalue weighted by Crippen LogP contribution is 2.24. The van der Waals surface area contributed by atoms with Crippen LogP contribution in [-0.2, 0) is 13.6 Å². The van der Waals surface area contributed by atoms with Crippen LogP contribution >= 0.6 is 15.9 Å². The van der Waals surface area contributed by atoms with Crippen molar-refractivity contribution < 1.29 is 5.21 Å². The highest BCUT2D eigenvalue weighted by Gasteiger charge is 2.20. The summed E-state index contributed by atoms with van der Waals surface area (Å²) in [4.78, 5) is 2.02. The molecular weight excluding hydrogens is 334 g/mol. The Bertz CT molecular complexity index is 663. The molecule has 0 aliphatic heterocycles. The lowest BCUT2D eigenvalue weighted by molar-refractivity contribution is 0.318. The van der Waals surface area contributed by atoms with Crippen LogP contribution < -0.4 is 10.6 Å². The number of aryl methyl sites for hydroxylation is 2. The van der Waals surface area contributed by atoms with Gasteiger partial charge in [-0.2, -0.15) is 5.10 Å². The van der Waals surface area contributed by atoms with E-state index in [2.05, 4.69) is 26.2 Å². The molecule has 0 bridgehead atoms. The first-order valence-corrected chi connectivity index (χ1v) is 7.20. The lowest BCUT2D eigenvalue weighted by Gasteiger charge is -2.21. The van der Waals surface area contributed by atoms with Gasteiger partial charge in [-0.1, -0.05) is 33.2 Å². The maximum atomic E-state index is 8.95. The Balaban J connectivity index is 2.35. The topological polar surface area (TPSA) is 79.7 Å². The number of benzene rings is 1. The van der Waals surface area contributed by atoms with Crippen LogP contribution in [0.1, 0.15) is 16.8 Å². The molecule has 0 unspecified atom stereocenters. The van der Waals surface area contributed by atoms with E-state index in [1.807, 2.05) is 50.2 Å². The van der Waals surface area contributed by atoms with Crippen LogP contribution in [0.3, 0.4) is 0 Å². The standard InChI is InChI=1S/C14H18BrN5O/c1-9-12(13(16)18-21)14(20(3)17-9)19(2)8-10-4-6-11(15)7-5-10/h4-7,21H,8H2,1-3H3,(H2,16,18). The van der Waals surface area contributed by atoms with Gasteiger partial charge < -0.3 is 15.8 Å². The summed E-state index contributed by atoms with van der Waals surface area (Å²) in [7, 11) is 3.79. The van der Waals surface area contributed by atoms with Crippen molar-refractivity contribution in [3.8, 4) is 0 Å². The molecule has 112 valence electrons. The van der Waals surface area contributed by atoms with Crippen LogP contribution in [0.4, 0.5) is 5.82 Å². The number of nitrogens with two attached hydrogens (primary N) is 1. The molecule has 0 saturated heterocycles. The maximum Gasteiger partial charge on any atom is 0.175 e. The first kappa shape index (κ1) is 15.4. The van der Waals surface area contributed by atoms with Crippen LogP contribution in [0.2, 0.25) is 0 Å². The average molecular weight is 352 g/mol. The third kappa shape index (κ3) is 3.18. The molecule has 2 aromatic rings. The molecule has 1 aromatic carbocycles. The van der Waals surface area contributed by atoms with Crippen molar-refractivity contribution in [2.75, 3.05) is 11.9 Å². The van der Waals surface area contributed by atoms with Crippen molar-refractivity contribution in [1.29, 1.82) is 0 Å². The van der Waals surface area contributed by atoms with E-state index in [0.717, 1.165) is 21.5 Å². The molecular formula is C14H18BrN5O. The van der Waals surface area contributed by atoms with Gasteiger partial charge in [-0.15, -0.1) is 0 Å². The Morgan fingerprint density at radius 3 is 2.62 bits per heavy atom. The van der Waals surface area contributed by atoms with Gasteiger partial charge in [0.15, 0.2) is 5.84 Å². The van der Waals surface area contributed by atoms with Crippen molar-refractivity contribution in [2.24, 2.45) is 17.9 Å². The van der Waals surface area contributed by atoms with Crippen LogP contribution in [0.5, 0.6) is 0 Å². The van der Waals surface area contributed by atoms with E-state index < -0.39 is 0 Å². The van der Waals surface area contributed by atoms with Crippen molar-refractivity contribution >= 4 is 27.6 Å². The zero-order chi connectivity index (χ0) is 15.6. The molecule has 21 heavy (non-hydrogen) atoms. The molecule has 7 heteroatoms. The minimum atomic E-state index is 0.0678. The van der Waals surface area contributed by atoms with Gasteiger partial charge in [-0.3, -0.25) is 4.68 Å². The number of anilines is 1. The fraction of sp³-hybridized carbons (Fsp3) is 0.286. The second-order valence-corrected chi connectivity index (χ2v) is 5.79. The fourth-order valence-electron chi connectivity index (χ4n) is 2.37. The summed E-state index contributed by atoms with van der Waals surface area (Å²) in [5, 5.41) is 16.4. The van der Waals surface area contributed by atoms with E-state index in [1.165, 1.54) is 0 Å². The second kappa shape index (κ2) is 6.17. The predicted molar refractivity (Wildman–Crippen MR) is 86.7 cm³/mol. The summed E-state index contributed by atoms with van der Waals surface area (Å²) in [5.74, 6) is 0.879. The van der Waals surface area contributed by atoms with E-state index in [1.54, 1.807) is 4.68 Å². The van der Waals surface area contributed by atoms with Gasteiger partial charge in [0.05, 0.1) is 11.3 Å². The molecule has 6 nitrogen and oxygen atoms in total. The molecule has 0 aliphatic carbocycles. The summed E-state index contributed by atoms with van der Waals surface area (Å²) in [6.07, 6.45) is 0. The molecule has 0 saturated carbocycles. The lowest BCUT2D eigenvalue weighted by Crippen LogP contribution is -2.24. The summed E-state index contributed by atoms with van der Waals surface area (Å²) < 4.78 is 2.78. The molecule has 1 heterocycles. The monoisotopic (exact) mass is 351 g/mol. The summed E-state index contributed by atoms with van der Waals surface area (Å²) >= 11 is 3.42. The number of nitrogens with zero attached hydrogens (tertiary/aromatic N) is 4. The number of oxime groups is 1. The Morgan fingerprint density at radius 1 is 1.43 bits per heavy atom. The predicted octanol–water partition coefficient (Wildman–Crippen LogP) is 2.22. The van der Waals surface area contributed by atoms with E-state index in [9.17, 15) is 0 Å². The largest absolute Gasteiger partial charge is 0.409 e. The zero-order valence-corrected chi connectivity index (χ0v) is 13.8. The number of hydrogen-bond acceptors (Lipinski definition) is 4. The van der Waals surface area contributed by atoms with Crippen molar-refractivity contribution in [2.45, 2.75) is 13.5 Å². The highest BCUT2D eigenvalue weighted by atomic mass is 79.9. The number of hydrogen-bond donors (Lipinski definition) is 2. The SMILES string of the molecule is Cc1nn(C)c(N(C)Cc2ccc(Br)cc2)c1C(N)=NO. The Hall–Kier alpha value is -2.02. The van der Waals surface area contributed by atoms with Gasteiger partial charge in [0, 0.05) is 25.1 Å². The van der Waals surface area contributed by atoms with E-state index >= 15 is 0 Å². The second-order valence-electron chi connectivity index (χ2n) is 4.88. The van der Waals surface area contributed by atoms with Gasteiger partial charge in [0.1, 0.15) is 5.82 Å². The van der Waals surface area contributed by atoms with Gasteiger partial charge in [-0.25, -0.2) is 0 Å². The molecule has 0 radical (unpaired) electrons. The Morgan fingerprint density at radius 2 is 2.05 bits per heavy atom. The van der Waals surface area contributed by atoms with Crippen molar-refractivity contribution in [3.05, 3.63) is 45.6 Å². The molecule has 3 N–H and O–H groups in total. The quantitative estimate of drug-likeness (QED) is 0.383. The summed E-state index contributed by atoms with van der Waals surface area (Å²) in [5.41, 5.74) is 8.31. The zero-order valence-electron chi connectivity index (χ0n) is 12.2. The molecule has 0 atom stereocenters. The number of amidine groups is 1. The maximum absolute atomic E-state index is 8.95. The van der Waals surface area contributed by atoms with Gasteiger partial charge in [-0.05, 0) is 24.6 Å². The molecule has 0 amide bonds. The van der Waals surface area contributed by atoms with E-state index in [4.69, 9.17) is 10.9 Å². The van der Waals surface area contributed by atoms with E-state index in [0.29, 0.717) is 12.1 Å². The average Bonchev–Trinajstić information content (AvgIpc) is 2.75. The van der Waals surface area contributed by atoms with Crippen LogP contribution in [0.15, 0.2) is 33.9 Å². The lowest BCUT2D eigenvalue weighted by atomic mass is 10.2. The number of halogens is 1. The third-order valence-corrected chi connectivity index (χ3v) is 3.78. The molecule has 0 spiro atoms. The molecule has 1 aromatic heterocycles. The smallest absolute Gasteiger partial charge is 0.175 e. The summed E-state index contributed by atoms with van der Waals surface area (Å²) in [6.45, 7) is 2.53. The van der Waals surface area contributed by atoms with E-state index in [-0.39, 0.29) is 5.84 Å². The van der Waals surface area contributed by atoms with Gasteiger partial charge in [0.25, 0.3) is 0 Å². The fourth-order valence-corrected chi connectivity index (χ4v) is 2.64. The van der Waals surface area contributed by atoms with Crippen molar-refractivity contribution in [1.82, 2.24) is 9.78 Å². The van der Waals surface area contributed by atoms with Gasteiger partial charge in [0.2, 0.25) is 0 Å². The Kier molecular flexibility index (Phi) is 4.52. The molecule has 2 rings (SSSR count). The van der Waals surface area contributed by atoms with Crippen LogP contribution in [0, 0.1) is 6.92 Å². The Labute approximate surface area is 132 Å². The number of rotatable bonds is 4. The first-order valence-electron chi connectivity index (χ1n) is 6.41. The summed E-state index contributed by atoms with van der Waals surface area (Å²) in [6, 6.07) is 8.10.